The molecule has 0 spiro atoms. The Morgan fingerprint density at radius 2 is 2.15 bits per heavy atom. The summed E-state index contributed by atoms with van der Waals surface area (Å²) in [4.78, 5) is 0. The summed E-state index contributed by atoms with van der Waals surface area (Å²) in [5.41, 5.74) is 0.452. The summed E-state index contributed by atoms with van der Waals surface area (Å²) >= 11 is 0. The molecule has 0 radical (unpaired) electrons. The second kappa shape index (κ2) is 3.95. The molecule has 0 saturated heterocycles. The van der Waals surface area contributed by atoms with Gasteiger partial charge in [0.15, 0.2) is 0 Å². The van der Waals surface area contributed by atoms with Gasteiger partial charge in [-0.05, 0) is 32.0 Å². The molecule has 0 fully saturated rings. The highest BCUT2D eigenvalue weighted by Crippen LogP contribution is 2.19. The normalized spacial score (nSPS) is 9.77. The topological polar surface area (TPSA) is 9.23 Å². The molecule has 1 aromatic rings. The molecule has 1 aromatic carbocycles. The first-order chi connectivity index (χ1) is 6.13. The van der Waals surface area contributed by atoms with Gasteiger partial charge in [-0.25, -0.2) is 4.39 Å². The largest absolute Gasteiger partial charge is 0.490 e. The highest BCUT2D eigenvalue weighted by atomic mass is 19.1. The molecule has 0 atom stereocenters. The number of terminal acetylenes is 1. The van der Waals surface area contributed by atoms with E-state index in [1.165, 1.54) is 12.1 Å². The van der Waals surface area contributed by atoms with Crippen LogP contribution in [0.3, 0.4) is 0 Å². The first-order valence-corrected chi connectivity index (χ1v) is 4.06. The summed E-state index contributed by atoms with van der Waals surface area (Å²) < 4.78 is 18.1. The van der Waals surface area contributed by atoms with Crippen LogP contribution in [0.4, 0.5) is 4.39 Å². The third kappa shape index (κ3) is 2.48. The molecule has 1 nitrogen and oxygen atoms in total. The average molecular weight is 178 g/mol. The number of ether oxygens (including phenoxy) is 1. The maximum atomic E-state index is 12.7. The van der Waals surface area contributed by atoms with Crippen molar-refractivity contribution < 1.29 is 9.13 Å². The van der Waals surface area contributed by atoms with Crippen LogP contribution in [0, 0.1) is 18.2 Å². The molecule has 0 aromatic heterocycles. The second-order valence-corrected chi connectivity index (χ2v) is 2.95. The van der Waals surface area contributed by atoms with Gasteiger partial charge in [0.1, 0.15) is 11.6 Å². The van der Waals surface area contributed by atoms with Crippen LogP contribution in [-0.4, -0.2) is 6.10 Å². The maximum absolute atomic E-state index is 12.7. The summed E-state index contributed by atoms with van der Waals surface area (Å²) in [6.45, 7) is 3.79. The van der Waals surface area contributed by atoms with Gasteiger partial charge >= 0.3 is 0 Å². The lowest BCUT2D eigenvalue weighted by Gasteiger charge is -2.11. The quantitative estimate of drug-likeness (QED) is 0.632. The molecule has 0 heterocycles. The van der Waals surface area contributed by atoms with E-state index in [1.807, 2.05) is 13.8 Å². The van der Waals surface area contributed by atoms with Crippen molar-refractivity contribution in [1.29, 1.82) is 0 Å². The van der Waals surface area contributed by atoms with Gasteiger partial charge in [-0.1, -0.05) is 5.92 Å². The Morgan fingerprint density at radius 1 is 1.46 bits per heavy atom. The molecule has 0 bridgehead atoms. The SMILES string of the molecule is C#Cc1cc(F)ccc1OC(C)C. The smallest absolute Gasteiger partial charge is 0.135 e. The van der Waals surface area contributed by atoms with Gasteiger partial charge in [0.25, 0.3) is 0 Å². The Morgan fingerprint density at radius 3 is 2.69 bits per heavy atom. The van der Waals surface area contributed by atoms with E-state index in [0.717, 1.165) is 0 Å². The van der Waals surface area contributed by atoms with Crippen molar-refractivity contribution in [2.24, 2.45) is 0 Å². The second-order valence-electron chi connectivity index (χ2n) is 2.95. The molecule has 0 aliphatic carbocycles. The van der Waals surface area contributed by atoms with E-state index in [2.05, 4.69) is 5.92 Å². The lowest BCUT2D eigenvalue weighted by molar-refractivity contribution is 0.241. The zero-order valence-electron chi connectivity index (χ0n) is 7.67. The van der Waals surface area contributed by atoms with Gasteiger partial charge in [0.05, 0.1) is 11.7 Å². The standard InChI is InChI=1S/C11H11FO/c1-4-9-7-10(12)5-6-11(9)13-8(2)3/h1,5-8H,2-3H3. The molecule has 0 unspecified atom stereocenters. The molecule has 0 aliphatic rings. The van der Waals surface area contributed by atoms with E-state index >= 15 is 0 Å². The van der Waals surface area contributed by atoms with E-state index in [-0.39, 0.29) is 11.9 Å². The Hall–Kier alpha value is -1.49. The Bertz CT molecular complexity index is 336. The van der Waals surface area contributed by atoms with Crippen LogP contribution in [0.15, 0.2) is 18.2 Å². The first kappa shape index (κ1) is 9.60. The number of benzene rings is 1. The van der Waals surface area contributed by atoms with Crippen molar-refractivity contribution in [2.75, 3.05) is 0 Å². The number of halogens is 1. The van der Waals surface area contributed by atoms with Crippen LogP contribution in [0.1, 0.15) is 19.4 Å². The van der Waals surface area contributed by atoms with Gasteiger partial charge < -0.3 is 4.74 Å². The lowest BCUT2D eigenvalue weighted by Crippen LogP contribution is -2.06. The van der Waals surface area contributed by atoms with Crippen molar-refractivity contribution in [2.45, 2.75) is 20.0 Å². The minimum Gasteiger partial charge on any atom is -0.490 e. The zero-order chi connectivity index (χ0) is 9.84. The van der Waals surface area contributed by atoms with Gasteiger partial charge in [-0.3, -0.25) is 0 Å². The molecule has 0 N–H and O–H groups in total. The van der Waals surface area contributed by atoms with E-state index < -0.39 is 0 Å². The summed E-state index contributed by atoms with van der Waals surface area (Å²) in [6, 6.07) is 4.17. The summed E-state index contributed by atoms with van der Waals surface area (Å²) in [7, 11) is 0. The van der Waals surface area contributed by atoms with Crippen LogP contribution in [0.25, 0.3) is 0 Å². The van der Waals surface area contributed by atoms with Gasteiger partial charge in [0, 0.05) is 0 Å². The number of hydrogen-bond donors (Lipinski definition) is 0. The van der Waals surface area contributed by atoms with Crippen molar-refractivity contribution in [3.8, 4) is 18.1 Å². The molecular weight excluding hydrogens is 167 g/mol. The van der Waals surface area contributed by atoms with Crippen molar-refractivity contribution in [1.82, 2.24) is 0 Å². The number of hydrogen-bond acceptors (Lipinski definition) is 1. The summed E-state index contributed by atoms with van der Waals surface area (Å²) in [5.74, 6) is 2.59. The van der Waals surface area contributed by atoms with E-state index in [1.54, 1.807) is 6.07 Å². The van der Waals surface area contributed by atoms with E-state index in [9.17, 15) is 4.39 Å². The fraction of sp³-hybridized carbons (Fsp3) is 0.273. The predicted octanol–water partition coefficient (Wildman–Crippen LogP) is 2.59. The summed E-state index contributed by atoms with van der Waals surface area (Å²) in [6.07, 6.45) is 5.24. The Kier molecular flexibility index (Phi) is 2.92. The highest BCUT2D eigenvalue weighted by molar-refractivity contribution is 5.45. The number of rotatable bonds is 2. The molecule has 0 amide bonds. The van der Waals surface area contributed by atoms with Crippen molar-refractivity contribution in [3.05, 3.63) is 29.6 Å². The van der Waals surface area contributed by atoms with Crippen molar-refractivity contribution in [3.63, 3.8) is 0 Å². The van der Waals surface area contributed by atoms with Crippen LogP contribution in [0.2, 0.25) is 0 Å². The van der Waals surface area contributed by atoms with Gasteiger partial charge in [0.2, 0.25) is 0 Å². The molecule has 1 rings (SSSR count). The highest BCUT2D eigenvalue weighted by Gasteiger charge is 2.04. The lowest BCUT2D eigenvalue weighted by atomic mass is 10.2. The first-order valence-electron chi connectivity index (χ1n) is 4.06. The minimum absolute atomic E-state index is 0.0394. The zero-order valence-corrected chi connectivity index (χ0v) is 7.67. The monoisotopic (exact) mass is 178 g/mol. The van der Waals surface area contributed by atoms with E-state index in [4.69, 9.17) is 11.2 Å². The van der Waals surface area contributed by atoms with Crippen molar-refractivity contribution >= 4 is 0 Å². The fourth-order valence-corrected chi connectivity index (χ4v) is 0.972. The van der Waals surface area contributed by atoms with Crippen LogP contribution in [0.5, 0.6) is 5.75 Å². The average Bonchev–Trinajstić information content (AvgIpc) is 2.07. The summed E-state index contributed by atoms with van der Waals surface area (Å²) in [5, 5.41) is 0. The van der Waals surface area contributed by atoms with Crippen LogP contribution in [-0.2, 0) is 0 Å². The Balaban J connectivity index is 3.01. The third-order valence-electron chi connectivity index (χ3n) is 1.46. The van der Waals surface area contributed by atoms with Gasteiger partial charge in [-0.15, -0.1) is 6.42 Å². The maximum Gasteiger partial charge on any atom is 0.135 e. The minimum atomic E-state index is -0.343. The predicted molar refractivity (Wildman–Crippen MR) is 50.1 cm³/mol. The third-order valence-corrected chi connectivity index (χ3v) is 1.46. The molecular formula is C11H11FO. The van der Waals surface area contributed by atoms with Crippen LogP contribution < -0.4 is 4.74 Å². The van der Waals surface area contributed by atoms with Crippen LogP contribution >= 0.6 is 0 Å². The molecule has 68 valence electrons. The molecule has 0 saturated carbocycles. The van der Waals surface area contributed by atoms with E-state index in [0.29, 0.717) is 11.3 Å². The van der Waals surface area contributed by atoms with Gasteiger partial charge in [-0.2, -0.15) is 0 Å². The molecule has 0 aliphatic heterocycles. The molecule has 13 heavy (non-hydrogen) atoms. The molecule has 2 heteroatoms. The Labute approximate surface area is 77.5 Å². The fourth-order valence-electron chi connectivity index (χ4n) is 0.972.